The summed E-state index contributed by atoms with van der Waals surface area (Å²) in [7, 11) is 0. The number of aryl methyl sites for hydroxylation is 1. The van der Waals surface area contributed by atoms with Gasteiger partial charge in [0.25, 0.3) is 5.91 Å². The van der Waals surface area contributed by atoms with Crippen LogP contribution in [0.3, 0.4) is 0 Å². The summed E-state index contributed by atoms with van der Waals surface area (Å²) in [4.78, 5) is 18.7. The first kappa shape index (κ1) is 27.8. The van der Waals surface area contributed by atoms with E-state index in [0.717, 1.165) is 33.7 Å². The van der Waals surface area contributed by atoms with E-state index < -0.39 is 6.04 Å². The van der Waals surface area contributed by atoms with Gasteiger partial charge in [0.05, 0.1) is 11.7 Å². The summed E-state index contributed by atoms with van der Waals surface area (Å²) >= 11 is 7.87. The Morgan fingerprint density at radius 3 is 2.65 bits per heavy atom. The van der Waals surface area contributed by atoms with Gasteiger partial charge in [-0.2, -0.15) is 4.98 Å². The van der Waals surface area contributed by atoms with Crippen molar-refractivity contribution in [2.45, 2.75) is 57.7 Å². The minimum Gasteiger partial charge on any atom is -0.491 e. The lowest BCUT2D eigenvalue weighted by molar-refractivity contribution is -0.113. The largest absolute Gasteiger partial charge is 0.491 e. The number of anilines is 2. The van der Waals surface area contributed by atoms with Crippen molar-refractivity contribution < 1.29 is 9.53 Å². The first-order chi connectivity index (χ1) is 19.2. The van der Waals surface area contributed by atoms with E-state index in [1.807, 2.05) is 101 Å². The quantitative estimate of drug-likeness (QED) is 0.212. The Hall–Kier alpha value is -3.75. The van der Waals surface area contributed by atoms with Gasteiger partial charge in [-0.25, -0.2) is 4.68 Å². The highest BCUT2D eigenvalue weighted by Crippen LogP contribution is 2.38. The van der Waals surface area contributed by atoms with Crippen LogP contribution in [0.1, 0.15) is 49.1 Å². The second-order valence-electron chi connectivity index (χ2n) is 10.0. The fourth-order valence-corrected chi connectivity index (χ4v) is 5.77. The highest BCUT2D eigenvalue weighted by atomic mass is 35.5. The topological polar surface area (TPSA) is 81.1 Å². The first-order valence-electron chi connectivity index (χ1n) is 13.2. The number of nitrogens with zero attached hydrogens (tertiary/aromatic N) is 3. The predicted molar refractivity (Wildman–Crippen MR) is 162 cm³/mol. The van der Waals surface area contributed by atoms with Crippen molar-refractivity contribution in [2.75, 3.05) is 10.6 Å². The summed E-state index contributed by atoms with van der Waals surface area (Å²) in [6.45, 7) is 9.91. The number of rotatable bonds is 8. The summed E-state index contributed by atoms with van der Waals surface area (Å²) in [5.41, 5.74) is 6.07. The van der Waals surface area contributed by atoms with Crippen molar-refractivity contribution in [2.24, 2.45) is 0 Å². The van der Waals surface area contributed by atoms with Crippen LogP contribution in [0.2, 0.25) is 5.02 Å². The van der Waals surface area contributed by atoms with E-state index >= 15 is 0 Å². The van der Waals surface area contributed by atoms with Crippen molar-refractivity contribution >= 4 is 40.9 Å². The minimum atomic E-state index is -0.515. The minimum absolute atomic E-state index is 0.0161. The molecule has 1 amide bonds. The molecule has 1 aliphatic heterocycles. The number of amides is 1. The van der Waals surface area contributed by atoms with Crippen molar-refractivity contribution in [3.8, 4) is 5.75 Å². The molecule has 0 radical (unpaired) electrons. The van der Waals surface area contributed by atoms with Gasteiger partial charge in [-0.05, 0) is 81.1 Å². The number of benzene rings is 3. The summed E-state index contributed by atoms with van der Waals surface area (Å²) in [6.07, 6.45) is 0.0161. The Kier molecular flexibility index (Phi) is 8.19. The maximum Gasteiger partial charge on any atom is 0.255 e. The molecular formula is C31H32ClN5O2S. The van der Waals surface area contributed by atoms with E-state index in [-0.39, 0.29) is 12.0 Å². The third kappa shape index (κ3) is 5.88. The number of ether oxygens (including phenoxy) is 1. The lowest BCUT2D eigenvalue weighted by atomic mass is 9.94. The van der Waals surface area contributed by atoms with Gasteiger partial charge in [-0.1, -0.05) is 65.8 Å². The molecule has 5 rings (SSSR count). The number of thioether (sulfide) groups is 1. The van der Waals surface area contributed by atoms with Crippen LogP contribution in [0.5, 0.6) is 5.75 Å². The highest BCUT2D eigenvalue weighted by Gasteiger charge is 2.35. The highest BCUT2D eigenvalue weighted by molar-refractivity contribution is 7.98. The SMILES string of the molecule is CC1=C(C(=O)Nc2cccc(C)c2C)C(c2cccc(OC(C)C)c2)n2nc(SCc3ccccc3Cl)nc2N1. The zero-order valence-electron chi connectivity index (χ0n) is 23.2. The van der Waals surface area contributed by atoms with Gasteiger partial charge >= 0.3 is 0 Å². The van der Waals surface area contributed by atoms with Crippen molar-refractivity contribution in [3.63, 3.8) is 0 Å². The van der Waals surface area contributed by atoms with Gasteiger partial charge in [0.2, 0.25) is 11.1 Å². The van der Waals surface area contributed by atoms with Gasteiger partial charge < -0.3 is 15.4 Å². The van der Waals surface area contributed by atoms with Crippen LogP contribution in [-0.2, 0) is 10.5 Å². The zero-order valence-corrected chi connectivity index (χ0v) is 24.7. The molecule has 1 atom stereocenters. The zero-order chi connectivity index (χ0) is 28.4. The molecule has 0 saturated carbocycles. The van der Waals surface area contributed by atoms with Gasteiger partial charge in [-0.15, -0.1) is 5.10 Å². The summed E-state index contributed by atoms with van der Waals surface area (Å²) in [6, 6.07) is 20.9. The second kappa shape index (κ2) is 11.8. The predicted octanol–water partition coefficient (Wildman–Crippen LogP) is 7.56. The van der Waals surface area contributed by atoms with E-state index in [4.69, 9.17) is 26.4 Å². The van der Waals surface area contributed by atoms with Gasteiger partial charge in [0.15, 0.2) is 0 Å². The number of allylic oxidation sites excluding steroid dienone is 1. The van der Waals surface area contributed by atoms with E-state index in [1.165, 1.54) is 11.8 Å². The van der Waals surface area contributed by atoms with E-state index in [0.29, 0.717) is 33.2 Å². The third-order valence-electron chi connectivity index (χ3n) is 6.79. The molecule has 9 heteroatoms. The van der Waals surface area contributed by atoms with Gasteiger partial charge in [0, 0.05) is 22.2 Å². The average molecular weight is 574 g/mol. The molecule has 0 spiro atoms. The summed E-state index contributed by atoms with van der Waals surface area (Å²) in [5.74, 6) is 1.72. The normalized spacial score (nSPS) is 14.6. The molecule has 0 saturated heterocycles. The Labute approximate surface area is 244 Å². The number of carbonyl (C=O) groups is 1. The van der Waals surface area contributed by atoms with Crippen LogP contribution in [0, 0.1) is 13.8 Å². The molecule has 4 aromatic rings. The fraction of sp³-hybridized carbons (Fsp3) is 0.258. The molecule has 1 aliphatic rings. The van der Waals surface area contributed by atoms with E-state index in [1.54, 1.807) is 4.68 Å². The number of carbonyl (C=O) groups excluding carboxylic acids is 1. The lowest BCUT2D eigenvalue weighted by Crippen LogP contribution is -2.31. The average Bonchev–Trinajstić information content (AvgIpc) is 3.32. The standard InChI is InChI=1S/C31H32ClN5O2S/c1-18(2)39-24-13-9-12-22(16-24)28-27(29(38)34-26-15-8-10-19(3)20(26)4)21(5)33-30-35-31(36-37(28)30)40-17-23-11-6-7-14-25(23)32/h6-16,18,28H,17H2,1-5H3,(H,34,38)(H,33,35,36). The Balaban J connectivity index is 1.53. The van der Waals surface area contributed by atoms with Crippen LogP contribution < -0.4 is 15.4 Å². The molecule has 40 heavy (non-hydrogen) atoms. The van der Waals surface area contributed by atoms with Crippen molar-refractivity contribution in [1.29, 1.82) is 0 Å². The maximum absolute atomic E-state index is 13.9. The number of hydrogen-bond acceptors (Lipinski definition) is 6. The Bertz CT molecular complexity index is 1600. The molecule has 7 nitrogen and oxygen atoms in total. The number of fused-ring (bicyclic) bond motifs is 1. The van der Waals surface area contributed by atoms with Crippen LogP contribution >= 0.6 is 23.4 Å². The van der Waals surface area contributed by atoms with E-state index in [9.17, 15) is 4.79 Å². The maximum atomic E-state index is 13.9. The molecule has 2 heterocycles. The molecule has 3 aromatic carbocycles. The van der Waals surface area contributed by atoms with Crippen LogP contribution in [0.25, 0.3) is 0 Å². The van der Waals surface area contributed by atoms with Gasteiger partial charge in [0.1, 0.15) is 11.8 Å². The number of hydrogen-bond donors (Lipinski definition) is 2. The second-order valence-corrected chi connectivity index (χ2v) is 11.4. The van der Waals surface area contributed by atoms with E-state index in [2.05, 4.69) is 10.6 Å². The monoisotopic (exact) mass is 573 g/mol. The molecule has 1 aromatic heterocycles. The molecule has 1 unspecified atom stereocenters. The smallest absolute Gasteiger partial charge is 0.255 e. The lowest BCUT2D eigenvalue weighted by Gasteiger charge is -2.29. The first-order valence-corrected chi connectivity index (χ1v) is 14.5. The number of nitrogens with one attached hydrogen (secondary N) is 2. The molecule has 0 fully saturated rings. The molecule has 0 aliphatic carbocycles. The Morgan fingerprint density at radius 2 is 1.88 bits per heavy atom. The molecular weight excluding hydrogens is 542 g/mol. The summed E-state index contributed by atoms with van der Waals surface area (Å²) in [5, 5.41) is 12.6. The van der Waals surface area contributed by atoms with Crippen molar-refractivity contribution in [1.82, 2.24) is 14.8 Å². The van der Waals surface area contributed by atoms with Crippen molar-refractivity contribution in [3.05, 3.63) is 105 Å². The van der Waals surface area contributed by atoms with Gasteiger partial charge in [-0.3, -0.25) is 4.79 Å². The Morgan fingerprint density at radius 1 is 1.10 bits per heavy atom. The van der Waals surface area contributed by atoms with Crippen LogP contribution in [0.4, 0.5) is 11.6 Å². The summed E-state index contributed by atoms with van der Waals surface area (Å²) < 4.78 is 7.78. The number of halogens is 1. The van der Waals surface area contributed by atoms with Crippen LogP contribution in [-0.4, -0.2) is 26.8 Å². The van der Waals surface area contributed by atoms with Crippen LogP contribution in [0.15, 0.2) is 83.2 Å². The fourth-order valence-electron chi connectivity index (χ4n) is 4.66. The molecule has 2 N–H and O–H groups in total. The third-order valence-corrected chi connectivity index (χ3v) is 8.05. The molecule has 206 valence electrons. The number of aromatic nitrogens is 3. The molecule has 0 bridgehead atoms.